The number of hydrogen-bond donors (Lipinski definition) is 1. The van der Waals surface area contributed by atoms with Crippen molar-refractivity contribution in [3.63, 3.8) is 0 Å². The molecule has 0 saturated carbocycles. The van der Waals surface area contributed by atoms with Crippen molar-refractivity contribution < 1.29 is 13.5 Å². The van der Waals surface area contributed by atoms with E-state index in [0.29, 0.717) is 22.2 Å². The monoisotopic (exact) mass is 439 g/mol. The van der Waals surface area contributed by atoms with Crippen LogP contribution in [0.25, 0.3) is 21.9 Å². The fourth-order valence-corrected chi connectivity index (χ4v) is 3.23. The maximum absolute atomic E-state index is 14.7. The lowest BCUT2D eigenvalue weighted by Gasteiger charge is -2.12. The van der Waals surface area contributed by atoms with Crippen LogP contribution in [0.1, 0.15) is 0 Å². The Bertz CT molecular complexity index is 1460. The van der Waals surface area contributed by atoms with E-state index in [1.54, 1.807) is 29.9 Å². The summed E-state index contributed by atoms with van der Waals surface area (Å²) in [5.74, 6) is -1.21. The second-order valence-electron chi connectivity index (χ2n) is 6.60. The number of halogens is 3. The highest BCUT2D eigenvalue weighted by molar-refractivity contribution is 6.30. The summed E-state index contributed by atoms with van der Waals surface area (Å²) >= 11 is 5.93. The summed E-state index contributed by atoms with van der Waals surface area (Å²) in [6, 6.07) is 8.43. The molecule has 0 bridgehead atoms. The average molecular weight is 440 g/mol. The predicted octanol–water partition coefficient (Wildman–Crippen LogP) is 4.77. The van der Waals surface area contributed by atoms with Gasteiger partial charge in [-0.15, -0.1) is 5.10 Å². The molecule has 31 heavy (non-hydrogen) atoms. The molecule has 8 nitrogen and oxygen atoms in total. The van der Waals surface area contributed by atoms with Crippen molar-refractivity contribution >= 4 is 45.0 Å². The van der Waals surface area contributed by atoms with Gasteiger partial charge in [0.05, 0.1) is 22.9 Å². The van der Waals surface area contributed by atoms with Crippen LogP contribution >= 0.6 is 11.6 Å². The molecule has 0 unspecified atom stereocenters. The van der Waals surface area contributed by atoms with Crippen LogP contribution < -0.4 is 10.1 Å². The van der Waals surface area contributed by atoms with Gasteiger partial charge in [0.25, 0.3) is 0 Å². The zero-order valence-corrected chi connectivity index (χ0v) is 16.6. The minimum absolute atomic E-state index is 0.123. The first-order valence-electron chi connectivity index (χ1n) is 8.97. The number of anilines is 2. The van der Waals surface area contributed by atoms with Gasteiger partial charge in [0, 0.05) is 30.6 Å². The molecule has 0 aliphatic heterocycles. The summed E-state index contributed by atoms with van der Waals surface area (Å²) in [4.78, 5) is 12.1. The molecular formula is C20H12ClF2N7O. The molecule has 0 aliphatic rings. The molecule has 0 aliphatic carbocycles. The molecule has 3 aromatic heterocycles. The molecule has 3 heterocycles. The van der Waals surface area contributed by atoms with Crippen molar-refractivity contribution in [2.75, 3.05) is 5.32 Å². The van der Waals surface area contributed by atoms with Gasteiger partial charge in [-0.25, -0.2) is 28.4 Å². The Balaban J connectivity index is 1.46. The van der Waals surface area contributed by atoms with E-state index in [2.05, 4.69) is 30.6 Å². The fraction of sp³-hybridized carbons (Fsp3) is 0.0500. The number of benzene rings is 2. The lowest BCUT2D eigenvalue weighted by molar-refractivity contribution is 0.437. The number of fused-ring (bicyclic) bond motifs is 2. The smallest absolute Gasteiger partial charge is 0.168 e. The number of aromatic nitrogens is 6. The molecule has 5 rings (SSSR count). The predicted molar refractivity (Wildman–Crippen MR) is 111 cm³/mol. The third-order valence-corrected chi connectivity index (χ3v) is 4.78. The summed E-state index contributed by atoms with van der Waals surface area (Å²) in [6.07, 6.45) is 2.75. The molecule has 0 spiro atoms. The molecule has 0 atom stereocenters. The molecule has 1 N–H and O–H groups in total. The third-order valence-electron chi connectivity index (χ3n) is 4.57. The van der Waals surface area contributed by atoms with Gasteiger partial charge in [-0.2, -0.15) is 0 Å². The van der Waals surface area contributed by atoms with Gasteiger partial charge in [0.1, 0.15) is 28.6 Å². The molecule has 0 amide bonds. The summed E-state index contributed by atoms with van der Waals surface area (Å²) in [7, 11) is 1.75. The van der Waals surface area contributed by atoms with Gasteiger partial charge in [0.15, 0.2) is 17.4 Å². The second kappa shape index (κ2) is 7.40. The van der Waals surface area contributed by atoms with Crippen molar-refractivity contribution in [1.82, 2.24) is 29.9 Å². The number of rotatable bonds is 4. The van der Waals surface area contributed by atoms with E-state index in [1.807, 2.05) is 0 Å². The maximum atomic E-state index is 14.7. The van der Waals surface area contributed by atoms with Gasteiger partial charge in [-0.05, 0) is 18.2 Å². The lowest BCUT2D eigenvalue weighted by atomic mass is 10.2. The largest absolute Gasteiger partial charge is 0.454 e. The van der Waals surface area contributed by atoms with E-state index in [-0.39, 0.29) is 22.4 Å². The number of ether oxygens (including phenoxy) is 1. The Hall–Kier alpha value is -3.92. The highest BCUT2D eigenvalue weighted by atomic mass is 35.5. The Kier molecular flexibility index (Phi) is 4.55. The fourth-order valence-electron chi connectivity index (χ4n) is 3.07. The van der Waals surface area contributed by atoms with Gasteiger partial charge >= 0.3 is 0 Å². The van der Waals surface area contributed by atoms with Crippen LogP contribution in [0.2, 0.25) is 5.15 Å². The minimum Gasteiger partial charge on any atom is -0.454 e. The van der Waals surface area contributed by atoms with Gasteiger partial charge in [-0.3, -0.25) is 0 Å². The van der Waals surface area contributed by atoms with Crippen LogP contribution in [-0.4, -0.2) is 29.9 Å². The van der Waals surface area contributed by atoms with Crippen molar-refractivity contribution in [2.45, 2.75) is 0 Å². The van der Waals surface area contributed by atoms with Crippen molar-refractivity contribution in [2.24, 2.45) is 7.05 Å². The van der Waals surface area contributed by atoms with Crippen LogP contribution in [-0.2, 0) is 7.05 Å². The molecule has 5 aromatic rings. The third kappa shape index (κ3) is 3.57. The van der Waals surface area contributed by atoms with E-state index >= 15 is 0 Å². The Labute approximate surface area is 178 Å². The minimum atomic E-state index is -0.763. The quantitative estimate of drug-likeness (QED) is 0.403. The number of nitrogens with one attached hydrogen (secondary N) is 1. The van der Waals surface area contributed by atoms with Crippen molar-refractivity contribution in [1.29, 1.82) is 0 Å². The molecule has 0 fully saturated rings. The molecule has 0 saturated heterocycles. The van der Waals surface area contributed by atoms with E-state index in [1.165, 1.54) is 18.6 Å². The summed E-state index contributed by atoms with van der Waals surface area (Å²) in [6.45, 7) is 0. The zero-order valence-electron chi connectivity index (χ0n) is 15.8. The SMILES string of the molecule is Cn1nnc2cc(Oc3cc(F)c(Nc4ncnc5cnc(Cl)cc45)cc3F)ccc21. The van der Waals surface area contributed by atoms with E-state index < -0.39 is 11.6 Å². The molecule has 11 heteroatoms. The number of nitrogens with zero attached hydrogens (tertiary/aromatic N) is 6. The van der Waals surface area contributed by atoms with Crippen LogP contribution in [0.3, 0.4) is 0 Å². The van der Waals surface area contributed by atoms with Crippen LogP contribution in [0.5, 0.6) is 11.5 Å². The zero-order chi connectivity index (χ0) is 21.5. The topological polar surface area (TPSA) is 90.6 Å². The second-order valence-corrected chi connectivity index (χ2v) is 6.99. The van der Waals surface area contributed by atoms with Gasteiger partial charge in [-0.1, -0.05) is 16.8 Å². The Morgan fingerprint density at radius 3 is 2.74 bits per heavy atom. The first-order chi connectivity index (χ1) is 15.0. The van der Waals surface area contributed by atoms with Gasteiger partial charge < -0.3 is 10.1 Å². The van der Waals surface area contributed by atoms with E-state index in [0.717, 1.165) is 17.6 Å². The van der Waals surface area contributed by atoms with E-state index in [4.69, 9.17) is 16.3 Å². The molecule has 0 radical (unpaired) electrons. The van der Waals surface area contributed by atoms with Crippen molar-refractivity contribution in [3.8, 4) is 11.5 Å². The molecular weight excluding hydrogens is 428 g/mol. The average Bonchev–Trinajstić information content (AvgIpc) is 3.12. The summed E-state index contributed by atoms with van der Waals surface area (Å²) in [5.41, 5.74) is 1.73. The normalized spacial score (nSPS) is 11.2. The first-order valence-corrected chi connectivity index (χ1v) is 9.35. The molecule has 2 aromatic carbocycles. The molecule has 154 valence electrons. The van der Waals surface area contributed by atoms with E-state index in [9.17, 15) is 8.78 Å². The maximum Gasteiger partial charge on any atom is 0.168 e. The van der Waals surface area contributed by atoms with Crippen LogP contribution in [0, 0.1) is 11.6 Å². The summed E-state index contributed by atoms with van der Waals surface area (Å²) < 4.78 is 36.5. The number of hydrogen-bond acceptors (Lipinski definition) is 7. The standard InChI is InChI=1S/C20H12ClF2N7O/c1-30-17-3-2-10(4-15(17)28-29-30)31-18-7-12(22)14(6-13(18)23)27-20-11-5-19(21)24-8-16(11)25-9-26-20/h2-9H,1H3,(H,25,26,27). The Morgan fingerprint density at radius 1 is 1.00 bits per heavy atom. The number of aryl methyl sites for hydroxylation is 1. The van der Waals surface area contributed by atoms with Crippen LogP contribution in [0.4, 0.5) is 20.3 Å². The highest BCUT2D eigenvalue weighted by Gasteiger charge is 2.15. The summed E-state index contributed by atoms with van der Waals surface area (Å²) in [5, 5.41) is 11.4. The Morgan fingerprint density at radius 2 is 1.87 bits per heavy atom. The first kappa shape index (κ1) is 19.1. The van der Waals surface area contributed by atoms with Gasteiger partial charge in [0.2, 0.25) is 0 Å². The van der Waals surface area contributed by atoms with Crippen molar-refractivity contribution in [3.05, 3.63) is 65.7 Å². The lowest BCUT2D eigenvalue weighted by Crippen LogP contribution is -2.00. The highest BCUT2D eigenvalue weighted by Crippen LogP contribution is 2.32. The number of pyridine rings is 1. The van der Waals surface area contributed by atoms with Crippen LogP contribution in [0.15, 0.2) is 48.9 Å².